The largest absolute Gasteiger partial charge is 0.508 e. The van der Waals surface area contributed by atoms with Crippen LogP contribution in [0.15, 0.2) is 30.3 Å². The lowest BCUT2D eigenvalue weighted by Crippen LogP contribution is -2.23. The Balaban J connectivity index is 2.16. The monoisotopic (exact) mass is 313 g/mol. The highest BCUT2D eigenvalue weighted by molar-refractivity contribution is 6.29. The zero-order chi connectivity index (χ0) is 16.7. The van der Waals surface area contributed by atoms with E-state index in [1.807, 2.05) is 6.92 Å². The van der Waals surface area contributed by atoms with E-state index < -0.39 is 17.3 Å². The number of hydroxylamine groups is 1. The smallest absolute Gasteiger partial charge is 0.198 e. The second kappa shape index (κ2) is 5.40. The number of nitrogens with zero attached hydrogens (tertiary/aromatic N) is 1. The molecule has 0 amide bonds. The first kappa shape index (κ1) is 15.1. The summed E-state index contributed by atoms with van der Waals surface area (Å²) in [7, 11) is 1.70. The number of rotatable bonds is 3. The van der Waals surface area contributed by atoms with Crippen LogP contribution in [0.25, 0.3) is 0 Å². The first-order valence-corrected chi connectivity index (χ1v) is 7.10. The van der Waals surface area contributed by atoms with Gasteiger partial charge in [-0.3, -0.25) is 19.5 Å². The number of phenols is 2. The Bertz CT molecular complexity index is 828. The molecule has 0 spiro atoms. The molecule has 6 heteroatoms. The third-order valence-corrected chi connectivity index (χ3v) is 3.75. The molecule has 118 valence electrons. The fourth-order valence-corrected chi connectivity index (χ4v) is 2.69. The van der Waals surface area contributed by atoms with Crippen molar-refractivity contribution in [2.24, 2.45) is 0 Å². The number of carbonyl (C=O) groups excluding carboxylic acids is 2. The summed E-state index contributed by atoms with van der Waals surface area (Å²) in [5.74, 6) is -1.54. The molecule has 0 heterocycles. The SMILES string of the molecule is CCON(C)c1ccc2c(c1)C(=O)c1cc(O)cc(O)c1C2=O. The molecule has 3 rings (SSSR count). The van der Waals surface area contributed by atoms with E-state index in [4.69, 9.17) is 4.84 Å². The van der Waals surface area contributed by atoms with Crippen molar-refractivity contribution in [2.75, 3.05) is 18.7 Å². The molecular weight excluding hydrogens is 298 g/mol. The Morgan fingerprint density at radius 1 is 1.00 bits per heavy atom. The first-order chi connectivity index (χ1) is 10.9. The molecule has 0 aromatic heterocycles. The van der Waals surface area contributed by atoms with E-state index in [1.54, 1.807) is 19.2 Å². The van der Waals surface area contributed by atoms with Crippen LogP contribution in [0.3, 0.4) is 0 Å². The van der Waals surface area contributed by atoms with Gasteiger partial charge in [-0.05, 0) is 31.2 Å². The highest BCUT2D eigenvalue weighted by Gasteiger charge is 2.33. The van der Waals surface area contributed by atoms with Crippen molar-refractivity contribution in [2.45, 2.75) is 6.92 Å². The van der Waals surface area contributed by atoms with Crippen molar-refractivity contribution >= 4 is 17.3 Å². The van der Waals surface area contributed by atoms with Crippen molar-refractivity contribution in [3.05, 3.63) is 52.6 Å². The summed E-state index contributed by atoms with van der Waals surface area (Å²) >= 11 is 0. The topological polar surface area (TPSA) is 87.1 Å². The standard InChI is InChI=1S/C17H15NO5/c1-3-23-18(2)9-4-5-11-12(6-9)16(21)13-7-10(19)8-14(20)15(13)17(11)22/h4-8,19-20H,3H2,1-2H3. The van der Waals surface area contributed by atoms with Crippen LogP contribution < -0.4 is 5.06 Å². The van der Waals surface area contributed by atoms with E-state index in [0.717, 1.165) is 6.07 Å². The maximum atomic E-state index is 12.7. The Labute approximate surface area is 132 Å². The number of aromatic hydroxyl groups is 2. The van der Waals surface area contributed by atoms with Crippen LogP contribution in [0.5, 0.6) is 11.5 Å². The Kier molecular flexibility index (Phi) is 3.54. The second-order valence-corrected chi connectivity index (χ2v) is 5.19. The molecule has 6 nitrogen and oxygen atoms in total. The summed E-state index contributed by atoms with van der Waals surface area (Å²) < 4.78 is 0. The predicted octanol–water partition coefficient (Wildman–Crippen LogP) is 2.26. The molecule has 0 aliphatic heterocycles. The minimum atomic E-state index is -0.447. The normalized spacial score (nSPS) is 12.8. The van der Waals surface area contributed by atoms with Crippen LogP contribution in [-0.2, 0) is 4.84 Å². The molecule has 0 atom stereocenters. The minimum Gasteiger partial charge on any atom is -0.508 e. The van der Waals surface area contributed by atoms with Crippen molar-refractivity contribution in [1.82, 2.24) is 0 Å². The third-order valence-electron chi connectivity index (χ3n) is 3.75. The van der Waals surface area contributed by atoms with Gasteiger partial charge in [-0.15, -0.1) is 0 Å². The van der Waals surface area contributed by atoms with Gasteiger partial charge in [-0.25, -0.2) is 0 Å². The van der Waals surface area contributed by atoms with Gasteiger partial charge in [0, 0.05) is 29.8 Å². The zero-order valence-electron chi connectivity index (χ0n) is 12.7. The number of hydrogen-bond acceptors (Lipinski definition) is 6. The highest BCUT2D eigenvalue weighted by Crippen LogP contribution is 2.36. The lowest BCUT2D eigenvalue weighted by molar-refractivity contribution is 0.0976. The maximum absolute atomic E-state index is 12.7. The molecule has 0 bridgehead atoms. The van der Waals surface area contributed by atoms with Gasteiger partial charge < -0.3 is 10.2 Å². The molecule has 1 aliphatic rings. The van der Waals surface area contributed by atoms with Gasteiger partial charge in [0.15, 0.2) is 11.6 Å². The Hall–Kier alpha value is -2.86. The van der Waals surface area contributed by atoms with Gasteiger partial charge in [0.2, 0.25) is 0 Å². The third kappa shape index (κ3) is 2.33. The lowest BCUT2D eigenvalue weighted by atomic mass is 9.83. The van der Waals surface area contributed by atoms with Gasteiger partial charge in [0.25, 0.3) is 0 Å². The van der Waals surface area contributed by atoms with E-state index in [2.05, 4.69) is 0 Å². The van der Waals surface area contributed by atoms with Crippen molar-refractivity contribution in [1.29, 1.82) is 0 Å². The fourth-order valence-electron chi connectivity index (χ4n) is 2.69. The van der Waals surface area contributed by atoms with Crippen LogP contribution >= 0.6 is 0 Å². The number of anilines is 1. The lowest BCUT2D eigenvalue weighted by Gasteiger charge is -2.22. The van der Waals surface area contributed by atoms with Gasteiger partial charge in [0.1, 0.15) is 11.5 Å². The van der Waals surface area contributed by atoms with E-state index in [1.165, 1.54) is 17.2 Å². The fraction of sp³-hybridized carbons (Fsp3) is 0.176. The number of fused-ring (bicyclic) bond motifs is 2. The molecular formula is C17H15NO5. The summed E-state index contributed by atoms with van der Waals surface area (Å²) in [6.07, 6.45) is 0. The summed E-state index contributed by atoms with van der Waals surface area (Å²) in [6, 6.07) is 7.01. The molecule has 2 aromatic carbocycles. The van der Waals surface area contributed by atoms with E-state index >= 15 is 0 Å². The highest BCUT2D eigenvalue weighted by atomic mass is 16.7. The Morgan fingerprint density at radius 2 is 1.74 bits per heavy atom. The molecule has 0 saturated carbocycles. The zero-order valence-corrected chi connectivity index (χ0v) is 12.7. The number of hydrogen-bond donors (Lipinski definition) is 2. The predicted molar refractivity (Wildman–Crippen MR) is 83.1 cm³/mol. The van der Waals surface area contributed by atoms with Gasteiger partial charge in [-0.2, -0.15) is 0 Å². The van der Waals surface area contributed by atoms with E-state index in [9.17, 15) is 19.8 Å². The maximum Gasteiger partial charge on any atom is 0.198 e. The summed E-state index contributed by atoms with van der Waals surface area (Å²) in [5, 5.41) is 21.0. The molecule has 2 N–H and O–H groups in total. The van der Waals surface area contributed by atoms with Crippen LogP contribution in [0, 0.1) is 0 Å². The van der Waals surface area contributed by atoms with Crippen molar-refractivity contribution in [3.63, 3.8) is 0 Å². The molecule has 2 aromatic rings. The number of carbonyl (C=O) groups is 2. The average Bonchev–Trinajstić information content (AvgIpc) is 2.51. The summed E-state index contributed by atoms with van der Waals surface area (Å²) in [5.41, 5.74) is 0.982. The molecule has 0 unspecified atom stereocenters. The van der Waals surface area contributed by atoms with Crippen LogP contribution in [0.4, 0.5) is 5.69 Å². The Morgan fingerprint density at radius 3 is 2.43 bits per heavy atom. The van der Waals surface area contributed by atoms with Gasteiger partial charge >= 0.3 is 0 Å². The quantitative estimate of drug-likeness (QED) is 0.721. The van der Waals surface area contributed by atoms with E-state index in [0.29, 0.717) is 12.3 Å². The molecule has 0 fully saturated rings. The van der Waals surface area contributed by atoms with E-state index in [-0.39, 0.29) is 28.0 Å². The van der Waals surface area contributed by atoms with Gasteiger partial charge in [0.05, 0.1) is 17.9 Å². The second-order valence-electron chi connectivity index (χ2n) is 5.19. The van der Waals surface area contributed by atoms with Crippen LogP contribution in [-0.4, -0.2) is 35.4 Å². The summed E-state index contributed by atoms with van der Waals surface area (Å²) in [4.78, 5) is 30.6. The number of benzene rings is 2. The molecule has 0 radical (unpaired) electrons. The van der Waals surface area contributed by atoms with Crippen LogP contribution in [0.1, 0.15) is 38.8 Å². The molecule has 0 saturated heterocycles. The average molecular weight is 313 g/mol. The van der Waals surface area contributed by atoms with Crippen molar-refractivity contribution < 1.29 is 24.6 Å². The number of phenolic OH excluding ortho intramolecular Hbond substituents is 2. The molecule has 1 aliphatic carbocycles. The minimum absolute atomic E-state index is 0.00351. The molecule has 23 heavy (non-hydrogen) atoms. The van der Waals surface area contributed by atoms with Gasteiger partial charge in [-0.1, -0.05) is 0 Å². The summed E-state index contributed by atoms with van der Waals surface area (Å²) in [6.45, 7) is 2.30. The number of ketones is 2. The first-order valence-electron chi connectivity index (χ1n) is 7.10. The van der Waals surface area contributed by atoms with Crippen molar-refractivity contribution in [3.8, 4) is 11.5 Å². The van der Waals surface area contributed by atoms with Crippen LogP contribution in [0.2, 0.25) is 0 Å².